The fraction of sp³-hybridized carbons (Fsp3) is 0.207. The summed E-state index contributed by atoms with van der Waals surface area (Å²) in [5.74, 6) is -0.552. The highest BCUT2D eigenvalue weighted by Gasteiger charge is 2.51. The number of halogens is 1. The van der Waals surface area contributed by atoms with Gasteiger partial charge in [-0.15, -0.1) is 0 Å². The Morgan fingerprint density at radius 2 is 1.87 bits per heavy atom. The van der Waals surface area contributed by atoms with Crippen LogP contribution < -0.4 is 0 Å². The van der Waals surface area contributed by atoms with E-state index < -0.39 is 15.4 Å². The Hall–Kier alpha value is -3.95. The van der Waals surface area contributed by atoms with E-state index in [2.05, 4.69) is 10.1 Å². The minimum absolute atomic E-state index is 0.00564. The average molecular weight is 529 g/mol. The van der Waals surface area contributed by atoms with Gasteiger partial charge in [0, 0.05) is 19.3 Å². The van der Waals surface area contributed by atoms with Crippen LogP contribution in [-0.4, -0.2) is 46.4 Å². The molecule has 0 N–H and O–H groups in total. The first kappa shape index (κ1) is 24.4. The smallest absolute Gasteiger partial charge is 0.243 e. The van der Waals surface area contributed by atoms with E-state index in [0.717, 1.165) is 22.4 Å². The summed E-state index contributed by atoms with van der Waals surface area (Å²) in [6.07, 6.45) is 5.89. The third-order valence-electron chi connectivity index (χ3n) is 7.41. The van der Waals surface area contributed by atoms with Crippen molar-refractivity contribution in [2.75, 3.05) is 13.1 Å². The molecule has 0 bridgehead atoms. The molecule has 9 heteroatoms. The van der Waals surface area contributed by atoms with Crippen molar-refractivity contribution in [3.05, 3.63) is 113 Å². The van der Waals surface area contributed by atoms with Gasteiger partial charge in [-0.25, -0.2) is 17.5 Å². The molecular formula is C29H25FN4O3S. The summed E-state index contributed by atoms with van der Waals surface area (Å²) < 4.78 is 44.1. The third-order valence-corrected chi connectivity index (χ3v) is 9.25. The summed E-state index contributed by atoms with van der Waals surface area (Å²) in [5.41, 5.74) is 3.20. The van der Waals surface area contributed by atoms with Gasteiger partial charge >= 0.3 is 0 Å². The highest BCUT2D eigenvalue weighted by atomic mass is 32.2. The van der Waals surface area contributed by atoms with Gasteiger partial charge in [0.1, 0.15) is 11.5 Å². The zero-order valence-corrected chi connectivity index (χ0v) is 21.5. The van der Waals surface area contributed by atoms with E-state index in [4.69, 9.17) is 0 Å². The van der Waals surface area contributed by atoms with Crippen LogP contribution in [0.2, 0.25) is 0 Å². The zero-order valence-electron chi connectivity index (χ0n) is 20.7. The van der Waals surface area contributed by atoms with E-state index in [1.165, 1.54) is 16.4 Å². The lowest BCUT2D eigenvalue weighted by molar-refractivity contribution is 0.0770. The van der Waals surface area contributed by atoms with Crippen molar-refractivity contribution in [1.82, 2.24) is 19.1 Å². The first-order valence-electron chi connectivity index (χ1n) is 12.3. The van der Waals surface area contributed by atoms with E-state index in [0.29, 0.717) is 17.8 Å². The maximum absolute atomic E-state index is 14.1. The molecule has 2 aromatic carbocycles. The van der Waals surface area contributed by atoms with Crippen molar-refractivity contribution >= 4 is 21.9 Å². The summed E-state index contributed by atoms with van der Waals surface area (Å²) in [6.45, 7) is 2.11. The fourth-order valence-corrected chi connectivity index (χ4v) is 7.08. The molecule has 4 aromatic rings. The minimum Gasteiger partial charge on any atom is -0.291 e. The fourth-order valence-electron chi connectivity index (χ4n) is 5.48. The van der Waals surface area contributed by atoms with E-state index >= 15 is 0 Å². The van der Waals surface area contributed by atoms with Crippen molar-refractivity contribution < 1.29 is 17.6 Å². The maximum atomic E-state index is 14.1. The maximum Gasteiger partial charge on any atom is 0.243 e. The highest BCUT2D eigenvalue weighted by Crippen LogP contribution is 2.47. The number of pyridine rings is 1. The first-order valence-corrected chi connectivity index (χ1v) is 13.8. The van der Waals surface area contributed by atoms with Crippen LogP contribution in [0, 0.1) is 18.2 Å². The molecule has 0 unspecified atom stereocenters. The van der Waals surface area contributed by atoms with Gasteiger partial charge in [0.2, 0.25) is 10.0 Å². The molecule has 1 aliphatic carbocycles. The molecule has 1 aliphatic heterocycles. The zero-order chi connectivity index (χ0) is 26.5. The lowest BCUT2D eigenvalue weighted by atomic mass is 9.65. The lowest BCUT2D eigenvalue weighted by Crippen LogP contribution is -2.53. The molecule has 1 atom stereocenters. The molecule has 0 spiro atoms. The molecule has 0 radical (unpaired) electrons. The van der Waals surface area contributed by atoms with Crippen molar-refractivity contribution in [3.8, 4) is 5.69 Å². The van der Waals surface area contributed by atoms with Gasteiger partial charge in [-0.05, 0) is 85.5 Å². The lowest BCUT2D eigenvalue weighted by Gasteiger charge is -2.44. The number of ketones is 1. The second kappa shape index (κ2) is 9.11. The van der Waals surface area contributed by atoms with Gasteiger partial charge in [-0.2, -0.15) is 9.40 Å². The summed E-state index contributed by atoms with van der Waals surface area (Å²) in [6, 6.07) is 18.0. The summed E-state index contributed by atoms with van der Waals surface area (Å²) in [5, 5.41) is 4.53. The molecule has 2 aliphatic rings. The van der Waals surface area contributed by atoms with Gasteiger partial charge in [-0.3, -0.25) is 9.78 Å². The quantitative estimate of drug-likeness (QED) is 0.353. The average Bonchev–Trinajstić information content (AvgIpc) is 3.34. The summed E-state index contributed by atoms with van der Waals surface area (Å²) in [4.78, 5) is 18.7. The Kier molecular flexibility index (Phi) is 5.85. The van der Waals surface area contributed by atoms with Gasteiger partial charge in [-0.1, -0.05) is 23.8 Å². The number of carbonyl (C=O) groups excluding carboxylic acids is 1. The number of carbonyl (C=O) groups is 1. The van der Waals surface area contributed by atoms with Crippen molar-refractivity contribution in [1.29, 1.82) is 0 Å². The number of hydrogen-bond acceptors (Lipinski definition) is 5. The largest absolute Gasteiger partial charge is 0.291 e. The molecule has 192 valence electrons. The second-order valence-electron chi connectivity index (χ2n) is 9.82. The molecular weight excluding hydrogens is 503 g/mol. The van der Waals surface area contributed by atoms with Crippen LogP contribution in [0.25, 0.3) is 11.8 Å². The molecule has 0 saturated carbocycles. The number of hydrogen-bond donors (Lipinski definition) is 0. The number of Topliss-reactive ketones (excluding diaryl/α,β-unsaturated/α-hetero) is 1. The van der Waals surface area contributed by atoms with Crippen LogP contribution in [0.15, 0.2) is 89.6 Å². The molecule has 1 fully saturated rings. The van der Waals surface area contributed by atoms with Crippen LogP contribution in [0.3, 0.4) is 0 Å². The van der Waals surface area contributed by atoms with Gasteiger partial charge < -0.3 is 0 Å². The van der Waals surface area contributed by atoms with Gasteiger partial charge in [0.05, 0.1) is 27.9 Å². The standard InChI is InChI=1S/C29H25FN4O3S/c1-20-5-4-6-25(15-20)38(36,37)33-14-12-22-16-27-21(18-32-34(27)24-10-8-23(30)9-11-24)17-29(22,19-33)28(35)26-7-2-3-13-31-26/h2-11,13,15-16,18H,12,14,17,19H2,1H3/t29-/m0/s1. The Morgan fingerprint density at radius 3 is 2.61 bits per heavy atom. The number of aromatic nitrogens is 3. The predicted octanol–water partition coefficient (Wildman–Crippen LogP) is 4.62. The Balaban J connectivity index is 1.45. The van der Waals surface area contributed by atoms with Crippen molar-refractivity contribution in [3.63, 3.8) is 0 Å². The normalized spacial score (nSPS) is 19.4. The van der Waals surface area contributed by atoms with Gasteiger partial charge in [0.25, 0.3) is 0 Å². The van der Waals surface area contributed by atoms with E-state index in [9.17, 15) is 17.6 Å². The Labute approximate surface area is 220 Å². The molecule has 1 saturated heterocycles. The Bertz CT molecular complexity index is 1680. The number of piperidine rings is 1. The van der Waals surface area contributed by atoms with Crippen LogP contribution in [0.4, 0.5) is 4.39 Å². The number of fused-ring (bicyclic) bond motifs is 2. The number of rotatable bonds is 5. The van der Waals surface area contributed by atoms with E-state index in [1.54, 1.807) is 65.6 Å². The molecule has 7 nitrogen and oxygen atoms in total. The van der Waals surface area contributed by atoms with Crippen LogP contribution in [-0.2, 0) is 16.4 Å². The van der Waals surface area contributed by atoms with Crippen LogP contribution in [0.5, 0.6) is 0 Å². The monoisotopic (exact) mass is 528 g/mol. The summed E-state index contributed by atoms with van der Waals surface area (Å²) in [7, 11) is -3.83. The van der Waals surface area contributed by atoms with E-state index in [1.807, 2.05) is 19.1 Å². The van der Waals surface area contributed by atoms with Crippen molar-refractivity contribution in [2.24, 2.45) is 5.41 Å². The predicted molar refractivity (Wildman–Crippen MR) is 141 cm³/mol. The molecule has 0 amide bonds. The SMILES string of the molecule is Cc1cccc(S(=O)(=O)N2CCC3=Cc4c(cnn4-c4ccc(F)cc4)C[C@]3(C(=O)c3ccccn3)C2)c1. The molecule has 38 heavy (non-hydrogen) atoms. The number of sulfonamides is 1. The topological polar surface area (TPSA) is 85.2 Å². The highest BCUT2D eigenvalue weighted by molar-refractivity contribution is 7.89. The second-order valence-corrected chi connectivity index (χ2v) is 11.8. The van der Waals surface area contributed by atoms with Crippen LogP contribution >= 0.6 is 0 Å². The third kappa shape index (κ3) is 3.99. The molecule has 2 aromatic heterocycles. The number of aryl methyl sites for hydroxylation is 1. The molecule has 3 heterocycles. The van der Waals surface area contributed by atoms with E-state index in [-0.39, 0.29) is 36.0 Å². The van der Waals surface area contributed by atoms with Crippen LogP contribution in [0.1, 0.15) is 33.7 Å². The Morgan fingerprint density at radius 1 is 1.05 bits per heavy atom. The van der Waals surface area contributed by atoms with Crippen molar-refractivity contribution in [2.45, 2.75) is 24.7 Å². The minimum atomic E-state index is -3.83. The first-order chi connectivity index (χ1) is 18.3. The number of nitrogens with zero attached hydrogens (tertiary/aromatic N) is 4. The molecule has 6 rings (SSSR count). The summed E-state index contributed by atoms with van der Waals surface area (Å²) >= 11 is 0. The van der Waals surface area contributed by atoms with Gasteiger partial charge in [0.15, 0.2) is 5.78 Å². The number of benzene rings is 2.